The molecule has 0 amide bonds. The molecule has 3 aliphatic rings. The van der Waals surface area contributed by atoms with Crippen molar-refractivity contribution in [1.82, 2.24) is 0 Å². The van der Waals surface area contributed by atoms with Crippen molar-refractivity contribution in [3.8, 4) is 11.5 Å². The molecule has 3 unspecified atom stereocenters. The maximum Gasteiger partial charge on any atom is 0.170 e. The number of nitrogens with one attached hydrogen (secondary N) is 1. The fraction of sp³-hybridized carbons (Fsp3) is 0.500. The third kappa shape index (κ3) is 2.35. The Balaban J connectivity index is 1.89. The Morgan fingerprint density at radius 3 is 2.58 bits per heavy atom. The Kier molecular flexibility index (Phi) is 4.23. The summed E-state index contributed by atoms with van der Waals surface area (Å²) >= 11 is 0. The molecule has 2 heterocycles. The first-order valence-corrected chi connectivity index (χ1v) is 9.20. The lowest BCUT2D eigenvalue weighted by atomic mass is 9.74. The fourth-order valence-electron chi connectivity index (χ4n) is 4.95. The van der Waals surface area contributed by atoms with Crippen LogP contribution in [0, 0.1) is 5.92 Å². The van der Waals surface area contributed by atoms with E-state index in [-0.39, 0.29) is 17.7 Å². The molecule has 0 fully saturated rings. The van der Waals surface area contributed by atoms with Gasteiger partial charge in [-0.2, -0.15) is 0 Å². The van der Waals surface area contributed by atoms with Crippen molar-refractivity contribution in [2.45, 2.75) is 38.6 Å². The summed E-state index contributed by atoms with van der Waals surface area (Å²) in [6, 6.07) is 4.23. The van der Waals surface area contributed by atoms with Gasteiger partial charge in [-0.3, -0.25) is 9.69 Å². The van der Waals surface area contributed by atoms with Crippen LogP contribution >= 0.6 is 0 Å². The lowest BCUT2D eigenvalue weighted by Gasteiger charge is -2.43. The van der Waals surface area contributed by atoms with E-state index < -0.39 is 0 Å². The minimum Gasteiger partial charge on any atom is -0.493 e. The molecule has 6 heteroatoms. The summed E-state index contributed by atoms with van der Waals surface area (Å²) in [5, 5.41) is 13.3. The first kappa shape index (κ1) is 17.1. The molecule has 4 rings (SSSR count). The van der Waals surface area contributed by atoms with Gasteiger partial charge in [0.15, 0.2) is 17.3 Å². The third-order valence-corrected chi connectivity index (χ3v) is 6.11. The molecule has 26 heavy (non-hydrogen) atoms. The molecule has 0 saturated carbocycles. The van der Waals surface area contributed by atoms with E-state index in [0.717, 1.165) is 37.3 Å². The number of ketones is 1. The predicted molar refractivity (Wildman–Crippen MR) is 96.1 cm³/mol. The summed E-state index contributed by atoms with van der Waals surface area (Å²) in [6.07, 6.45) is 3.23. The van der Waals surface area contributed by atoms with Crippen LogP contribution in [0.4, 0.5) is 0 Å². The summed E-state index contributed by atoms with van der Waals surface area (Å²) in [5.74, 6) is 1.52. The molecule has 0 saturated heterocycles. The van der Waals surface area contributed by atoms with Crippen LogP contribution in [-0.4, -0.2) is 37.5 Å². The van der Waals surface area contributed by atoms with Crippen molar-refractivity contribution in [1.29, 1.82) is 0 Å². The van der Waals surface area contributed by atoms with Gasteiger partial charge in [0.25, 0.3) is 0 Å². The normalized spacial score (nSPS) is 29.1. The zero-order chi connectivity index (χ0) is 18.4. The van der Waals surface area contributed by atoms with Gasteiger partial charge in [-0.25, -0.2) is 0 Å². The van der Waals surface area contributed by atoms with Gasteiger partial charge in [-0.15, -0.1) is 0 Å². The van der Waals surface area contributed by atoms with Crippen molar-refractivity contribution in [2.24, 2.45) is 11.1 Å². The molecular formula is C20H25N2O4+. The second kappa shape index (κ2) is 6.43. The molecule has 0 bridgehead atoms. The Labute approximate surface area is 153 Å². The molecule has 2 aliphatic heterocycles. The van der Waals surface area contributed by atoms with Crippen LogP contribution in [-0.2, 0) is 11.2 Å². The highest BCUT2D eigenvalue weighted by atomic mass is 16.5. The van der Waals surface area contributed by atoms with Crippen molar-refractivity contribution < 1.29 is 24.4 Å². The zero-order valence-electron chi connectivity index (χ0n) is 15.5. The van der Waals surface area contributed by atoms with Crippen molar-refractivity contribution in [3.05, 3.63) is 34.5 Å². The quantitative estimate of drug-likeness (QED) is 0.624. The largest absolute Gasteiger partial charge is 0.493 e. The van der Waals surface area contributed by atoms with E-state index in [2.05, 4.69) is 24.2 Å². The first-order valence-electron chi connectivity index (χ1n) is 9.20. The molecular weight excluding hydrogens is 332 g/mol. The van der Waals surface area contributed by atoms with E-state index >= 15 is 0 Å². The van der Waals surface area contributed by atoms with E-state index in [1.807, 2.05) is 0 Å². The van der Waals surface area contributed by atoms with E-state index in [0.29, 0.717) is 23.5 Å². The van der Waals surface area contributed by atoms with Crippen LogP contribution < -0.4 is 14.4 Å². The van der Waals surface area contributed by atoms with Gasteiger partial charge in [0.05, 0.1) is 32.3 Å². The van der Waals surface area contributed by atoms with Gasteiger partial charge in [0.1, 0.15) is 17.5 Å². The highest BCUT2D eigenvalue weighted by molar-refractivity contribution is 6.24. The average molecular weight is 357 g/mol. The Bertz CT molecular complexity index is 827. The van der Waals surface area contributed by atoms with Gasteiger partial charge >= 0.3 is 0 Å². The van der Waals surface area contributed by atoms with Gasteiger partial charge in [0, 0.05) is 24.8 Å². The van der Waals surface area contributed by atoms with Crippen LogP contribution in [0.3, 0.4) is 0 Å². The second-order valence-electron chi connectivity index (χ2n) is 7.31. The molecule has 0 spiro atoms. The molecule has 0 aromatic heterocycles. The number of carbonyl (C=O) groups is 1. The lowest BCUT2D eigenvalue weighted by Crippen LogP contribution is -3.13. The number of nitrogens with zero attached hydrogens (tertiary/aromatic N) is 1. The summed E-state index contributed by atoms with van der Waals surface area (Å²) in [6.45, 7) is 2.99. The fourth-order valence-corrected chi connectivity index (χ4v) is 4.95. The first-order chi connectivity index (χ1) is 12.6. The van der Waals surface area contributed by atoms with E-state index in [4.69, 9.17) is 9.47 Å². The van der Waals surface area contributed by atoms with E-state index in [1.54, 1.807) is 14.2 Å². The van der Waals surface area contributed by atoms with Crippen LogP contribution in [0.15, 0.2) is 28.6 Å². The maximum atomic E-state index is 12.5. The van der Waals surface area contributed by atoms with Gasteiger partial charge < -0.3 is 14.7 Å². The third-order valence-electron chi connectivity index (χ3n) is 6.11. The van der Waals surface area contributed by atoms with Gasteiger partial charge in [-0.1, -0.05) is 12.1 Å². The maximum absolute atomic E-state index is 12.5. The Hall–Kier alpha value is -2.34. The highest BCUT2D eigenvalue weighted by Crippen LogP contribution is 2.40. The molecule has 1 aliphatic carbocycles. The average Bonchev–Trinajstić information content (AvgIpc) is 2.67. The second-order valence-corrected chi connectivity index (χ2v) is 7.31. The number of allylic oxidation sites excluding steroid dienone is 2. The zero-order valence-corrected chi connectivity index (χ0v) is 15.5. The minimum absolute atomic E-state index is 0.0482. The number of quaternary nitrogens is 1. The summed E-state index contributed by atoms with van der Waals surface area (Å²) in [5.41, 5.74) is 4.79. The molecule has 138 valence electrons. The number of Topliss-reactive ketones (excluding diaryl/α,β-unsaturated/α-hetero) is 1. The Morgan fingerprint density at radius 2 is 1.88 bits per heavy atom. The highest BCUT2D eigenvalue weighted by Gasteiger charge is 2.48. The minimum atomic E-state index is -0.0482. The summed E-state index contributed by atoms with van der Waals surface area (Å²) in [4.78, 5) is 13.9. The molecule has 0 radical (unpaired) electrons. The number of ether oxygens (including phenoxy) is 2. The van der Waals surface area contributed by atoms with E-state index in [9.17, 15) is 10.0 Å². The molecule has 1 aromatic carbocycles. The molecule has 1 aromatic rings. The van der Waals surface area contributed by atoms with Gasteiger partial charge in [-0.05, 0) is 24.1 Å². The monoisotopic (exact) mass is 357 g/mol. The Morgan fingerprint density at radius 1 is 1.15 bits per heavy atom. The molecule has 6 nitrogen and oxygen atoms in total. The molecule has 3 atom stereocenters. The number of hydrogen-bond donors (Lipinski definition) is 2. The topological polar surface area (TPSA) is 72.6 Å². The number of oxime groups is 1. The number of carbonyl (C=O) groups excluding carboxylic acids is 1. The number of fused-ring (bicyclic) bond motifs is 4. The van der Waals surface area contributed by atoms with Gasteiger partial charge in [0.2, 0.25) is 0 Å². The van der Waals surface area contributed by atoms with Crippen LogP contribution in [0.1, 0.15) is 43.4 Å². The van der Waals surface area contributed by atoms with Crippen LogP contribution in [0.2, 0.25) is 0 Å². The smallest absolute Gasteiger partial charge is 0.170 e. The standard InChI is InChI=1S/C20H24N2O4/c1-11-19(21-24)18-14(5-4-6-15(18)23)22-8-7-12-9-16(25-2)17(26-3)10-13(12)20(11)22/h9-11,20,24H,4-8H2,1-3H3/p+1. The number of hydrogen-bond acceptors (Lipinski definition) is 5. The van der Waals surface area contributed by atoms with Crippen molar-refractivity contribution in [2.75, 3.05) is 20.8 Å². The van der Waals surface area contributed by atoms with Crippen LogP contribution in [0.25, 0.3) is 0 Å². The predicted octanol–water partition coefficient (Wildman–Crippen LogP) is 1.67. The number of rotatable bonds is 2. The summed E-state index contributed by atoms with van der Waals surface area (Å²) in [7, 11) is 3.29. The summed E-state index contributed by atoms with van der Waals surface area (Å²) < 4.78 is 11.0. The molecule has 2 N–H and O–H groups in total. The van der Waals surface area contributed by atoms with Crippen molar-refractivity contribution in [3.63, 3.8) is 0 Å². The number of benzene rings is 1. The van der Waals surface area contributed by atoms with Crippen molar-refractivity contribution >= 4 is 11.5 Å². The van der Waals surface area contributed by atoms with Crippen LogP contribution in [0.5, 0.6) is 11.5 Å². The van der Waals surface area contributed by atoms with E-state index in [1.165, 1.54) is 16.0 Å². The lowest BCUT2D eigenvalue weighted by molar-refractivity contribution is -0.902. The SMILES string of the molecule is COc1cc2c(cc1OC)C1C(C)C(=NO)C3=C(CCCC3=O)[NH+]1CC2. The number of methoxy groups -OCH3 is 2.